The van der Waals surface area contributed by atoms with Crippen molar-refractivity contribution in [2.24, 2.45) is 0 Å². The molecule has 12 heteroatoms. The van der Waals surface area contributed by atoms with E-state index >= 15 is 0 Å². The number of hydrogen-bond donors (Lipinski definition) is 1. The highest BCUT2D eigenvalue weighted by Crippen LogP contribution is 2.42. The molecule has 36 heavy (non-hydrogen) atoms. The van der Waals surface area contributed by atoms with Crippen LogP contribution in [-0.2, 0) is 52.2 Å². The van der Waals surface area contributed by atoms with E-state index in [1.165, 1.54) is 13.8 Å². The highest BCUT2D eigenvalue weighted by molar-refractivity contribution is 5.73. The molecule has 0 spiro atoms. The molecule has 0 aromatic carbocycles. The number of nitrogens with one attached hydrogen (secondary N) is 1. The Labute approximate surface area is 210 Å². The number of esters is 1. The van der Waals surface area contributed by atoms with Gasteiger partial charge >= 0.3 is 5.97 Å². The van der Waals surface area contributed by atoms with Gasteiger partial charge in [-0.05, 0) is 34.1 Å². The van der Waals surface area contributed by atoms with Gasteiger partial charge in [0.2, 0.25) is 5.91 Å². The summed E-state index contributed by atoms with van der Waals surface area (Å²) in [6.45, 7) is 10.3. The number of carbonyl (C=O) groups is 2. The van der Waals surface area contributed by atoms with Crippen LogP contribution in [0.25, 0.3) is 0 Å². The van der Waals surface area contributed by atoms with Gasteiger partial charge in [0.25, 0.3) is 0 Å². The summed E-state index contributed by atoms with van der Waals surface area (Å²) in [6.07, 6.45) is -3.97. The van der Waals surface area contributed by atoms with Gasteiger partial charge in [0.05, 0.1) is 19.3 Å². The van der Waals surface area contributed by atoms with Crippen LogP contribution in [0.2, 0.25) is 0 Å². The minimum Gasteiger partial charge on any atom is -0.460 e. The lowest BCUT2D eigenvalue weighted by atomic mass is 9.98. The predicted octanol–water partition coefficient (Wildman–Crippen LogP) is 0.740. The first kappa shape index (κ1) is 26.2. The molecule has 12 nitrogen and oxygen atoms in total. The molecular formula is C24H37NO11. The second-order valence-electron chi connectivity index (χ2n) is 11.0. The van der Waals surface area contributed by atoms with Crippen LogP contribution in [0.15, 0.2) is 0 Å². The van der Waals surface area contributed by atoms with Crippen LogP contribution < -0.4 is 5.32 Å². The molecule has 0 bridgehead atoms. The van der Waals surface area contributed by atoms with Crippen LogP contribution in [0.1, 0.15) is 54.4 Å². The lowest BCUT2D eigenvalue weighted by Crippen LogP contribution is -2.48. The Morgan fingerprint density at radius 2 is 1.31 bits per heavy atom. The Balaban J connectivity index is 1.41. The second-order valence-corrected chi connectivity index (χ2v) is 11.0. The zero-order valence-corrected chi connectivity index (χ0v) is 21.6. The zero-order valence-electron chi connectivity index (χ0n) is 21.6. The number of hydrogen-bond acceptors (Lipinski definition) is 11. The summed E-state index contributed by atoms with van der Waals surface area (Å²) in [5.41, 5.74) is 0. The van der Waals surface area contributed by atoms with Crippen molar-refractivity contribution in [2.75, 3.05) is 13.2 Å². The Kier molecular flexibility index (Phi) is 7.09. The van der Waals surface area contributed by atoms with E-state index in [9.17, 15) is 9.59 Å². The molecule has 5 aliphatic heterocycles. The fraction of sp³-hybridized carbons (Fsp3) is 0.917. The standard InChI is InChI=1S/C24H37NO11/c1-11(26)25-13-7-14(30-12(2)27)9-28-18-16(32-22-20(18)34-24(5,6)36-22)10-29-17-15(8-13)31-21-19(17)33-23(3,4)35-21/h13-22H,7-10H2,1-6H3,(H,25,26)/t13?,14-,15+,16+,17+,18+,19+,20+,21+,22+/m0/s1. The van der Waals surface area contributed by atoms with Crippen molar-refractivity contribution in [3.05, 3.63) is 0 Å². The Morgan fingerprint density at radius 1 is 0.750 bits per heavy atom. The maximum Gasteiger partial charge on any atom is 0.302 e. The van der Waals surface area contributed by atoms with Crippen LogP contribution in [0.4, 0.5) is 0 Å². The molecule has 10 atom stereocenters. The average molecular weight is 516 g/mol. The van der Waals surface area contributed by atoms with Crippen LogP contribution >= 0.6 is 0 Å². The molecule has 204 valence electrons. The van der Waals surface area contributed by atoms with Crippen molar-refractivity contribution >= 4 is 11.9 Å². The fourth-order valence-electron chi connectivity index (χ4n) is 5.73. The van der Waals surface area contributed by atoms with Gasteiger partial charge in [-0.25, -0.2) is 0 Å². The Bertz CT molecular complexity index is 850. The van der Waals surface area contributed by atoms with E-state index in [-0.39, 0.29) is 25.2 Å². The number of rotatable bonds is 2. The summed E-state index contributed by atoms with van der Waals surface area (Å²) in [7, 11) is 0. The maximum absolute atomic E-state index is 12.0. The van der Waals surface area contributed by atoms with E-state index in [0.29, 0.717) is 12.8 Å². The van der Waals surface area contributed by atoms with Crippen molar-refractivity contribution in [1.82, 2.24) is 5.32 Å². The first-order chi connectivity index (χ1) is 16.9. The quantitative estimate of drug-likeness (QED) is 0.523. The summed E-state index contributed by atoms with van der Waals surface area (Å²) in [5, 5.41) is 2.95. The molecule has 5 saturated heterocycles. The van der Waals surface area contributed by atoms with E-state index in [4.69, 9.17) is 42.6 Å². The summed E-state index contributed by atoms with van der Waals surface area (Å²) in [4.78, 5) is 23.9. The van der Waals surface area contributed by atoms with Gasteiger partial charge < -0.3 is 47.9 Å². The summed E-state index contributed by atoms with van der Waals surface area (Å²) >= 11 is 0. The average Bonchev–Trinajstić information content (AvgIpc) is 3.38. The molecular weight excluding hydrogens is 478 g/mol. The van der Waals surface area contributed by atoms with Gasteiger partial charge in [-0.15, -0.1) is 0 Å². The van der Waals surface area contributed by atoms with Gasteiger partial charge in [-0.1, -0.05) is 0 Å². The van der Waals surface area contributed by atoms with Gasteiger partial charge in [0.15, 0.2) is 24.2 Å². The first-order valence-electron chi connectivity index (χ1n) is 12.6. The Hall–Kier alpha value is -1.38. The third kappa shape index (κ3) is 5.56. The van der Waals surface area contributed by atoms with Crippen molar-refractivity contribution in [3.63, 3.8) is 0 Å². The minimum atomic E-state index is -0.821. The van der Waals surface area contributed by atoms with E-state index in [2.05, 4.69) is 5.32 Å². The number of ether oxygens (including phenoxy) is 9. The highest BCUT2D eigenvalue weighted by atomic mass is 16.9. The smallest absolute Gasteiger partial charge is 0.302 e. The molecule has 1 unspecified atom stereocenters. The normalized spacial score (nSPS) is 45.4. The lowest BCUT2D eigenvalue weighted by Gasteiger charge is -2.33. The lowest BCUT2D eigenvalue weighted by molar-refractivity contribution is -0.237. The third-order valence-electron chi connectivity index (χ3n) is 6.91. The molecule has 5 rings (SSSR count). The molecule has 0 aromatic heterocycles. The van der Waals surface area contributed by atoms with Crippen molar-refractivity contribution in [1.29, 1.82) is 0 Å². The van der Waals surface area contributed by atoms with Crippen LogP contribution in [0.3, 0.4) is 0 Å². The summed E-state index contributed by atoms with van der Waals surface area (Å²) in [5.74, 6) is -2.28. The zero-order chi connectivity index (χ0) is 25.8. The molecule has 5 fully saturated rings. The van der Waals surface area contributed by atoms with Crippen molar-refractivity contribution in [3.8, 4) is 0 Å². The number of carbonyl (C=O) groups excluding carboxylic acids is 2. The maximum atomic E-state index is 12.0. The highest BCUT2D eigenvalue weighted by Gasteiger charge is 2.58. The largest absolute Gasteiger partial charge is 0.460 e. The topological polar surface area (TPSA) is 129 Å². The van der Waals surface area contributed by atoms with Crippen LogP contribution in [0, 0.1) is 0 Å². The van der Waals surface area contributed by atoms with E-state index in [1.807, 2.05) is 27.7 Å². The van der Waals surface area contributed by atoms with Crippen LogP contribution in [-0.4, -0.2) is 98.0 Å². The summed E-state index contributed by atoms with van der Waals surface area (Å²) < 4.78 is 54.6. The van der Waals surface area contributed by atoms with Crippen LogP contribution in [0.5, 0.6) is 0 Å². The van der Waals surface area contributed by atoms with Gasteiger partial charge in [-0.2, -0.15) is 0 Å². The number of fused-ring (bicyclic) bond motifs is 6. The van der Waals surface area contributed by atoms with E-state index in [1.54, 1.807) is 0 Å². The van der Waals surface area contributed by atoms with Gasteiger partial charge in [-0.3, -0.25) is 9.59 Å². The van der Waals surface area contributed by atoms with Crippen molar-refractivity contribution < 1.29 is 52.2 Å². The monoisotopic (exact) mass is 515 g/mol. The van der Waals surface area contributed by atoms with E-state index in [0.717, 1.165) is 0 Å². The first-order valence-corrected chi connectivity index (χ1v) is 12.6. The molecule has 0 saturated carbocycles. The summed E-state index contributed by atoms with van der Waals surface area (Å²) in [6, 6.07) is -0.369. The SMILES string of the molecule is CC(=O)NC1C[C@H](OC(C)=O)CO[C@H]2[C@H]3OC(C)(C)O[C@H]3O[C@@H]2CO[C@H]2[C@H]3OC(C)(C)O[C@H]3O[C@@H]2C1. The Morgan fingerprint density at radius 3 is 1.89 bits per heavy atom. The minimum absolute atomic E-state index is 0.0911. The molecule has 0 aromatic rings. The second kappa shape index (κ2) is 9.73. The van der Waals surface area contributed by atoms with Gasteiger partial charge in [0.1, 0.15) is 36.6 Å². The molecule has 0 aliphatic carbocycles. The fourth-order valence-corrected chi connectivity index (χ4v) is 5.73. The van der Waals surface area contributed by atoms with E-state index < -0.39 is 72.9 Å². The molecule has 5 aliphatic rings. The van der Waals surface area contributed by atoms with Gasteiger partial charge in [0, 0.05) is 26.3 Å². The molecule has 1 N–H and O–H groups in total. The molecule has 0 radical (unpaired) electrons. The molecule has 5 heterocycles. The predicted molar refractivity (Wildman–Crippen MR) is 119 cm³/mol. The number of amides is 1. The third-order valence-corrected chi connectivity index (χ3v) is 6.91. The van der Waals surface area contributed by atoms with Crippen molar-refractivity contribution in [2.45, 2.75) is 127 Å². The molecule has 1 amide bonds.